The number of aromatic nitrogens is 4. The second kappa shape index (κ2) is 3.66. The molecular weight excluding hydrogens is 262 g/mol. The van der Waals surface area contributed by atoms with Gasteiger partial charge in [-0.05, 0) is 6.92 Å². The molecule has 106 valence electrons. The molecule has 1 aliphatic heterocycles. The highest BCUT2D eigenvalue weighted by atomic mass is 16.6. The molecule has 4 N–H and O–H groups in total. The first kappa shape index (κ1) is 12.0. The third-order valence-corrected chi connectivity index (χ3v) is 4.45. The summed E-state index contributed by atoms with van der Waals surface area (Å²) in [5.74, 6) is -0.000380. The normalized spacial score (nSPS) is 39.8. The molecule has 3 unspecified atom stereocenters. The maximum absolute atomic E-state index is 10.4. The fraction of sp³-hybridized carbons (Fsp3) is 0.583. The van der Waals surface area contributed by atoms with E-state index in [0.717, 1.165) is 0 Å². The van der Waals surface area contributed by atoms with Crippen molar-refractivity contribution in [2.75, 3.05) is 5.73 Å². The predicted molar refractivity (Wildman–Crippen MR) is 68.4 cm³/mol. The highest BCUT2D eigenvalue weighted by molar-refractivity contribution is 5.81. The van der Waals surface area contributed by atoms with E-state index in [2.05, 4.69) is 15.0 Å². The molecule has 1 saturated heterocycles. The average Bonchev–Trinajstić information content (AvgIpc) is 2.87. The van der Waals surface area contributed by atoms with Crippen LogP contribution in [0.2, 0.25) is 0 Å². The lowest BCUT2D eigenvalue weighted by molar-refractivity contribution is -0.165. The zero-order valence-electron chi connectivity index (χ0n) is 10.8. The minimum Gasteiger partial charge on any atom is -0.393 e. The lowest BCUT2D eigenvalue weighted by Crippen LogP contribution is -2.55. The molecule has 4 rings (SSSR count). The van der Waals surface area contributed by atoms with Crippen molar-refractivity contribution in [3.05, 3.63) is 12.7 Å². The molecule has 0 bridgehead atoms. The molecule has 8 heteroatoms. The van der Waals surface area contributed by atoms with Crippen LogP contribution in [-0.2, 0) is 4.74 Å². The number of nitrogen functional groups attached to an aromatic ring is 1. The van der Waals surface area contributed by atoms with E-state index in [9.17, 15) is 10.2 Å². The minimum absolute atomic E-state index is 0.287. The number of rotatable bonds is 1. The molecule has 8 nitrogen and oxygen atoms in total. The summed E-state index contributed by atoms with van der Waals surface area (Å²) in [4.78, 5) is 12.2. The summed E-state index contributed by atoms with van der Waals surface area (Å²) in [7, 11) is 0. The lowest BCUT2D eigenvalue weighted by Gasteiger charge is -2.45. The van der Waals surface area contributed by atoms with Gasteiger partial charge in [0.2, 0.25) is 0 Å². The smallest absolute Gasteiger partial charge is 0.167 e. The zero-order valence-corrected chi connectivity index (χ0v) is 10.8. The van der Waals surface area contributed by atoms with Crippen molar-refractivity contribution >= 4 is 17.0 Å². The Kier molecular flexibility index (Phi) is 2.20. The Hall–Kier alpha value is -1.77. The molecule has 2 aromatic rings. The first-order chi connectivity index (χ1) is 9.51. The Morgan fingerprint density at radius 3 is 2.90 bits per heavy atom. The molecule has 0 spiro atoms. The van der Waals surface area contributed by atoms with Crippen molar-refractivity contribution < 1.29 is 14.9 Å². The number of aliphatic hydroxyl groups excluding tert-OH is 2. The summed E-state index contributed by atoms with van der Waals surface area (Å²) in [6, 6.07) is 0. The van der Waals surface area contributed by atoms with Crippen LogP contribution in [0.4, 0.5) is 5.82 Å². The Morgan fingerprint density at radius 2 is 2.20 bits per heavy atom. The number of fused-ring (bicyclic) bond motifs is 2. The Labute approximate surface area is 114 Å². The number of aliphatic hydroxyl groups is 2. The van der Waals surface area contributed by atoms with Crippen LogP contribution in [0.3, 0.4) is 0 Å². The van der Waals surface area contributed by atoms with E-state index in [0.29, 0.717) is 17.6 Å². The molecule has 5 atom stereocenters. The van der Waals surface area contributed by atoms with Gasteiger partial charge in [-0.15, -0.1) is 0 Å². The predicted octanol–water partition coefficient (Wildman–Crippen LogP) is -0.562. The van der Waals surface area contributed by atoms with Crippen molar-refractivity contribution in [1.82, 2.24) is 19.5 Å². The summed E-state index contributed by atoms with van der Waals surface area (Å²) in [5.41, 5.74) is 6.24. The molecule has 1 aliphatic carbocycles. The fourth-order valence-corrected chi connectivity index (χ4v) is 3.44. The molecule has 1 saturated carbocycles. The summed E-state index contributed by atoms with van der Waals surface area (Å²) in [6.07, 6.45) is 1.44. The third kappa shape index (κ3) is 1.33. The standard InChI is InChI=1S/C12H15N5O3/c1-12-2-5(18)6(12)8(19)11(20-12)17-4-16-7-9(13)14-3-15-10(7)17/h3-6,8,11,18-19H,2H2,1H3,(H2,13,14,15)/t5?,6?,8?,11-,12+/m1/s1. The van der Waals surface area contributed by atoms with E-state index < -0.39 is 24.0 Å². The van der Waals surface area contributed by atoms with E-state index in [4.69, 9.17) is 10.5 Å². The first-order valence-corrected chi connectivity index (χ1v) is 6.48. The number of hydrogen-bond donors (Lipinski definition) is 3. The summed E-state index contributed by atoms with van der Waals surface area (Å²) >= 11 is 0. The largest absolute Gasteiger partial charge is 0.393 e. The van der Waals surface area contributed by atoms with Gasteiger partial charge in [-0.1, -0.05) is 0 Å². The lowest BCUT2D eigenvalue weighted by atomic mass is 9.67. The van der Waals surface area contributed by atoms with E-state index in [1.165, 1.54) is 12.7 Å². The van der Waals surface area contributed by atoms with E-state index in [1.54, 1.807) is 4.57 Å². The van der Waals surface area contributed by atoms with E-state index in [1.807, 2.05) is 6.92 Å². The number of nitrogens with zero attached hydrogens (tertiary/aromatic N) is 4. The van der Waals surface area contributed by atoms with Crippen LogP contribution in [0.1, 0.15) is 19.6 Å². The summed E-state index contributed by atoms with van der Waals surface area (Å²) in [6.45, 7) is 1.90. The number of ether oxygens (including phenoxy) is 1. The first-order valence-electron chi connectivity index (χ1n) is 6.48. The molecule has 2 fully saturated rings. The molecular formula is C12H15N5O3. The molecule has 2 aromatic heterocycles. The molecule has 0 radical (unpaired) electrons. The molecule has 3 heterocycles. The van der Waals surface area contributed by atoms with Gasteiger partial charge in [-0.3, -0.25) is 4.57 Å². The highest BCUT2D eigenvalue weighted by Crippen LogP contribution is 2.54. The molecule has 0 aromatic carbocycles. The quantitative estimate of drug-likeness (QED) is 0.639. The number of hydrogen-bond acceptors (Lipinski definition) is 7. The average molecular weight is 277 g/mol. The van der Waals surface area contributed by atoms with Gasteiger partial charge in [0, 0.05) is 12.3 Å². The van der Waals surface area contributed by atoms with Gasteiger partial charge in [0.25, 0.3) is 0 Å². The second-order valence-electron chi connectivity index (χ2n) is 5.69. The Bertz CT molecular complexity index is 689. The monoisotopic (exact) mass is 277 g/mol. The maximum atomic E-state index is 10.4. The van der Waals surface area contributed by atoms with Gasteiger partial charge in [-0.2, -0.15) is 0 Å². The van der Waals surface area contributed by atoms with Crippen LogP contribution >= 0.6 is 0 Å². The Morgan fingerprint density at radius 1 is 1.40 bits per heavy atom. The number of imidazole rings is 1. The van der Waals surface area contributed by atoms with Crippen LogP contribution in [0.15, 0.2) is 12.7 Å². The number of anilines is 1. The van der Waals surface area contributed by atoms with Gasteiger partial charge in [0.15, 0.2) is 17.7 Å². The van der Waals surface area contributed by atoms with Crippen molar-refractivity contribution in [3.8, 4) is 0 Å². The topological polar surface area (TPSA) is 119 Å². The van der Waals surface area contributed by atoms with Gasteiger partial charge in [0.1, 0.15) is 17.9 Å². The highest BCUT2D eigenvalue weighted by Gasteiger charge is 2.63. The van der Waals surface area contributed by atoms with Crippen LogP contribution in [0, 0.1) is 5.92 Å². The molecule has 20 heavy (non-hydrogen) atoms. The van der Waals surface area contributed by atoms with Crippen LogP contribution in [0.5, 0.6) is 0 Å². The van der Waals surface area contributed by atoms with Gasteiger partial charge in [0.05, 0.1) is 18.0 Å². The SMILES string of the molecule is C[C@]12CC(O)C1C(O)[C@H](n1cnc3c(N)ncnc31)O2. The molecule has 0 amide bonds. The summed E-state index contributed by atoms with van der Waals surface area (Å²) < 4.78 is 7.58. The zero-order chi connectivity index (χ0) is 14.1. The van der Waals surface area contributed by atoms with Crippen molar-refractivity contribution in [3.63, 3.8) is 0 Å². The van der Waals surface area contributed by atoms with Gasteiger partial charge >= 0.3 is 0 Å². The van der Waals surface area contributed by atoms with Crippen LogP contribution in [0.25, 0.3) is 11.2 Å². The maximum Gasteiger partial charge on any atom is 0.167 e. The third-order valence-electron chi connectivity index (χ3n) is 4.45. The van der Waals surface area contributed by atoms with Crippen LogP contribution < -0.4 is 5.73 Å². The van der Waals surface area contributed by atoms with Crippen molar-refractivity contribution in [2.24, 2.45) is 5.92 Å². The summed E-state index contributed by atoms with van der Waals surface area (Å²) in [5, 5.41) is 20.2. The van der Waals surface area contributed by atoms with E-state index in [-0.39, 0.29) is 11.7 Å². The van der Waals surface area contributed by atoms with Crippen molar-refractivity contribution in [2.45, 2.75) is 37.4 Å². The molecule has 2 aliphatic rings. The van der Waals surface area contributed by atoms with E-state index >= 15 is 0 Å². The second-order valence-corrected chi connectivity index (χ2v) is 5.69. The van der Waals surface area contributed by atoms with Gasteiger partial charge < -0.3 is 20.7 Å². The van der Waals surface area contributed by atoms with Crippen LogP contribution in [-0.4, -0.2) is 47.5 Å². The minimum atomic E-state index is -0.808. The van der Waals surface area contributed by atoms with Gasteiger partial charge in [-0.25, -0.2) is 15.0 Å². The number of nitrogens with two attached hydrogens (primary N) is 1. The van der Waals surface area contributed by atoms with Crippen molar-refractivity contribution in [1.29, 1.82) is 0 Å². The fourth-order valence-electron chi connectivity index (χ4n) is 3.44. The Balaban J connectivity index is 1.79.